The molecule has 0 aromatic heterocycles. The highest BCUT2D eigenvalue weighted by molar-refractivity contribution is 5.16. The van der Waals surface area contributed by atoms with Crippen molar-refractivity contribution in [2.24, 2.45) is 17.3 Å². The summed E-state index contributed by atoms with van der Waals surface area (Å²) in [6.45, 7) is 10.9. The Morgan fingerprint density at radius 1 is 1.33 bits per heavy atom. The van der Waals surface area contributed by atoms with Crippen LogP contribution >= 0.6 is 0 Å². The standard InChI is InChI=1S/C14H23N/c1-12(2)9-15-10-14(3,11-15)13-7-5-4-6-8-13/h4-7,12-13H,8-11H2,1-3H3. The summed E-state index contributed by atoms with van der Waals surface area (Å²) >= 11 is 0. The Balaban J connectivity index is 1.85. The van der Waals surface area contributed by atoms with Gasteiger partial charge in [-0.3, -0.25) is 0 Å². The van der Waals surface area contributed by atoms with E-state index in [0.29, 0.717) is 5.41 Å². The summed E-state index contributed by atoms with van der Waals surface area (Å²) in [4.78, 5) is 2.59. The van der Waals surface area contributed by atoms with Gasteiger partial charge in [0.2, 0.25) is 0 Å². The van der Waals surface area contributed by atoms with E-state index in [1.807, 2.05) is 0 Å². The number of likely N-dealkylation sites (tertiary alicyclic amines) is 1. The van der Waals surface area contributed by atoms with E-state index < -0.39 is 0 Å². The zero-order valence-electron chi connectivity index (χ0n) is 10.2. The van der Waals surface area contributed by atoms with Gasteiger partial charge in [0, 0.05) is 19.6 Å². The second-order valence-electron chi connectivity index (χ2n) is 5.87. The van der Waals surface area contributed by atoms with E-state index in [9.17, 15) is 0 Å². The number of nitrogens with zero attached hydrogens (tertiary/aromatic N) is 1. The van der Waals surface area contributed by atoms with Gasteiger partial charge in [-0.2, -0.15) is 0 Å². The van der Waals surface area contributed by atoms with Crippen LogP contribution in [-0.2, 0) is 0 Å². The Bertz CT molecular complexity index is 269. The second kappa shape index (κ2) is 4.13. The van der Waals surface area contributed by atoms with Gasteiger partial charge in [-0.1, -0.05) is 45.1 Å². The van der Waals surface area contributed by atoms with Gasteiger partial charge in [0.25, 0.3) is 0 Å². The zero-order chi connectivity index (χ0) is 10.9. The largest absolute Gasteiger partial charge is 0.302 e. The van der Waals surface area contributed by atoms with Crippen LogP contribution in [0, 0.1) is 17.3 Å². The quantitative estimate of drug-likeness (QED) is 0.684. The molecule has 1 fully saturated rings. The third-order valence-electron chi connectivity index (χ3n) is 3.67. The van der Waals surface area contributed by atoms with Gasteiger partial charge in [-0.15, -0.1) is 0 Å². The van der Waals surface area contributed by atoms with Gasteiger partial charge < -0.3 is 4.90 Å². The van der Waals surface area contributed by atoms with Gasteiger partial charge in [0.1, 0.15) is 0 Å². The molecule has 0 bridgehead atoms. The van der Waals surface area contributed by atoms with E-state index in [4.69, 9.17) is 0 Å². The first kappa shape index (κ1) is 10.9. The third-order valence-corrected chi connectivity index (χ3v) is 3.67. The van der Waals surface area contributed by atoms with Crippen molar-refractivity contribution in [1.29, 1.82) is 0 Å². The molecule has 84 valence electrons. The summed E-state index contributed by atoms with van der Waals surface area (Å²) in [6, 6.07) is 0. The van der Waals surface area contributed by atoms with Gasteiger partial charge >= 0.3 is 0 Å². The summed E-state index contributed by atoms with van der Waals surface area (Å²) < 4.78 is 0. The number of rotatable bonds is 3. The van der Waals surface area contributed by atoms with Crippen LogP contribution in [0.2, 0.25) is 0 Å². The Labute approximate surface area is 93.9 Å². The monoisotopic (exact) mass is 205 g/mol. The van der Waals surface area contributed by atoms with Crippen molar-refractivity contribution < 1.29 is 0 Å². The molecule has 0 radical (unpaired) electrons. The van der Waals surface area contributed by atoms with E-state index >= 15 is 0 Å². The first-order valence-electron chi connectivity index (χ1n) is 6.16. The maximum atomic E-state index is 2.59. The second-order valence-corrected chi connectivity index (χ2v) is 5.87. The van der Waals surface area contributed by atoms with E-state index in [0.717, 1.165) is 11.8 Å². The van der Waals surface area contributed by atoms with Crippen molar-refractivity contribution >= 4 is 0 Å². The molecule has 1 atom stereocenters. The molecule has 1 nitrogen and oxygen atoms in total. The van der Waals surface area contributed by atoms with Crippen LogP contribution in [0.5, 0.6) is 0 Å². The highest BCUT2D eigenvalue weighted by atomic mass is 15.2. The lowest BCUT2D eigenvalue weighted by atomic mass is 9.68. The normalized spacial score (nSPS) is 29.5. The van der Waals surface area contributed by atoms with Gasteiger partial charge in [-0.05, 0) is 23.7 Å². The van der Waals surface area contributed by atoms with Crippen LogP contribution in [0.4, 0.5) is 0 Å². The van der Waals surface area contributed by atoms with Crippen LogP contribution in [0.15, 0.2) is 24.3 Å². The Morgan fingerprint density at radius 3 is 2.60 bits per heavy atom. The molecule has 1 heterocycles. The lowest BCUT2D eigenvalue weighted by Crippen LogP contribution is -2.58. The average molecular weight is 205 g/mol. The van der Waals surface area contributed by atoms with Crippen molar-refractivity contribution in [2.75, 3.05) is 19.6 Å². The molecule has 1 saturated heterocycles. The first-order chi connectivity index (χ1) is 7.10. The molecule has 1 aliphatic heterocycles. The first-order valence-corrected chi connectivity index (χ1v) is 6.16. The number of allylic oxidation sites excluding steroid dienone is 4. The average Bonchev–Trinajstić information content (AvgIpc) is 2.16. The molecule has 0 aromatic rings. The van der Waals surface area contributed by atoms with Crippen LogP contribution in [-0.4, -0.2) is 24.5 Å². The molecular weight excluding hydrogens is 182 g/mol. The summed E-state index contributed by atoms with van der Waals surface area (Å²) in [5.74, 6) is 1.57. The Morgan fingerprint density at radius 2 is 2.07 bits per heavy atom. The maximum absolute atomic E-state index is 2.59. The highest BCUT2D eigenvalue weighted by Gasteiger charge is 2.43. The molecule has 2 rings (SSSR count). The van der Waals surface area contributed by atoms with Crippen LogP contribution in [0.1, 0.15) is 27.2 Å². The molecule has 1 aliphatic carbocycles. The molecule has 15 heavy (non-hydrogen) atoms. The van der Waals surface area contributed by atoms with E-state index in [2.05, 4.69) is 50.0 Å². The topological polar surface area (TPSA) is 3.24 Å². The van der Waals surface area contributed by atoms with Gasteiger partial charge in [0.05, 0.1) is 0 Å². The van der Waals surface area contributed by atoms with Crippen molar-refractivity contribution in [3.05, 3.63) is 24.3 Å². The zero-order valence-corrected chi connectivity index (χ0v) is 10.2. The van der Waals surface area contributed by atoms with Crippen molar-refractivity contribution in [3.8, 4) is 0 Å². The molecule has 1 unspecified atom stereocenters. The fourth-order valence-electron chi connectivity index (χ4n) is 2.95. The summed E-state index contributed by atoms with van der Waals surface area (Å²) in [7, 11) is 0. The predicted molar refractivity (Wildman–Crippen MR) is 65.8 cm³/mol. The molecule has 2 aliphatic rings. The van der Waals surface area contributed by atoms with Crippen LogP contribution < -0.4 is 0 Å². The SMILES string of the molecule is CC(C)CN1CC(C)(C2C=CC=CC2)C1. The molecular formula is C14H23N. The summed E-state index contributed by atoms with van der Waals surface area (Å²) in [6.07, 6.45) is 10.3. The minimum atomic E-state index is 0.538. The van der Waals surface area contributed by atoms with Crippen LogP contribution in [0.25, 0.3) is 0 Å². The third kappa shape index (κ3) is 2.34. The number of hydrogen-bond acceptors (Lipinski definition) is 1. The lowest BCUT2D eigenvalue weighted by molar-refractivity contribution is -0.0232. The fourth-order valence-corrected chi connectivity index (χ4v) is 2.95. The Kier molecular flexibility index (Phi) is 3.01. The highest BCUT2D eigenvalue weighted by Crippen LogP contribution is 2.41. The minimum Gasteiger partial charge on any atom is -0.302 e. The van der Waals surface area contributed by atoms with Crippen molar-refractivity contribution in [2.45, 2.75) is 27.2 Å². The molecule has 0 saturated carbocycles. The lowest BCUT2D eigenvalue weighted by Gasteiger charge is -2.52. The summed E-state index contributed by atoms with van der Waals surface area (Å²) in [5.41, 5.74) is 0.538. The molecule has 0 amide bonds. The van der Waals surface area contributed by atoms with Crippen LogP contribution in [0.3, 0.4) is 0 Å². The molecule has 0 N–H and O–H groups in total. The minimum absolute atomic E-state index is 0.538. The molecule has 0 aromatic carbocycles. The maximum Gasteiger partial charge on any atom is 0.00537 e. The van der Waals surface area contributed by atoms with Crippen molar-refractivity contribution in [3.63, 3.8) is 0 Å². The van der Waals surface area contributed by atoms with Crippen molar-refractivity contribution in [1.82, 2.24) is 4.90 Å². The van der Waals surface area contributed by atoms with E-state index in [-0.39, 0.29) is 0 Å². The molecule has 1 heteroatoms. The smallest absolute Gasteiger partial charge is 0.00537 e. The fraction of sp³-hybridized carbons (Fsp3) is 0.714. The predicted octanol–water partition coefficient (Wildman–Crippen LogP) is 3.10. The van der Waals surface area contributed by atoms with Gasteiger partial charge in [-0.25, -0.2) is 0 Å². The number of hydrogen-bond donors (Lipinski definition) is 0. The van der Waals surface area contributed by atoms with E-state index in [1.54, 1.807) is 0 Å². The summed E-state index contributed by atoms with van der Waals surface area (Å²) in [5, 5.41) is 0. The van der Waals surface area contributed by atoms with Gasteiger partial charge in [0.15, 0.2) is 0 Å². The molecule has 0 spiro atoms. The van der Waals surface area contributed by atoms with E-state index in [1.165, 1.54) is 26.1 Å². The Hall–Kier alpha value is -0.560.